The van der Waals surface area contributed by atoms with E-state index in [4.69, 9.17) is 0 Å². The molecule has 2 aromatic rings. The molecule has 0 aromatic heterocycles. The maximum absolute atomic E-state index is 12.3. The number of anilines is 2. The van der Waals surface area contributed by atoms with E-state index in [1.807, 2.05) is 6.26 Å². The van der Waals surface area contributed by atoms with E-state index in [2.05, 4.69) is 10.0 Å². The summed E-state index contributed by atoms with van der Waals surface area (Å²) in [5, 5.41) is 2.61. The Bertz CT molecular complexity index is 772. The van der Waals surface area contributed by atoms with Gasteiger partial charge in [0, 0.05) is 17.5 Å². The third-order valence-corrected chi connectivity index (χ3v) is 4.95. The fourth-order valence-corrected chi connectivity index (χ4v) is 3.29. The van der Waals surface area contributed by atoms with Crippen molar-refractivity contribution in [3.63, 3.8) is 0 Å². The zero-order valence-corrected chi connectivity index (χ0v) is 13.8. The second-order valence-corrected chi connectivity index (χ2v) is 7.11. The lowest BCUT2D eigenvalue weighted by molar-refractivity contribution is -0.114. The predicted octanol–water partition coefficient (Wildman–Crippen LogP) is 3.17. The minimum absolute atomic E-state index is 0.190. The number of sulfonamides is 1. The van der Waals surface area contributed by atoms with E-state index in [0.29, 0.717) is 11.4 Å². The molecule has 0 unspecified atom stereocenters. The molecule has 0 bridgehead atoms. The summed E-state index contributed by atoms with van der Waals surface area (Å²) in [4.78, 5) is 12.2. The van der Waals surface area contributed by atoms with E-state index in [9.17, 15) is 13.2 Å². The van der Waals surface area contributed by atoms with E-state index in [1.165, 1.54) is 6.92 Å². The van der Waals surface area contributed by atoms with Gasteiger partial charge < -0.3 is 5.32 Å². The van der Waals surface area contributed by atoms with Crippen molar-refractivity contribution in [2.24, 2.45) is 0 Å². The number of carbonyl (C=O) groups excluding carboxylic acids is 1. The molecule has 5 nitrogen and oxygen atoms in total. The van der Waals surface area contributed by atoms with Crippen LogP contribution in [0.25, 0.3) is 0 Å². The normalized spacial score (nSPS) is 11.0. The van der Waals surface area contributed by atoms with E-state index in [-0.39, 0.29) is 10.8 Å². The van der Waals surface area contributed by atoms with Crippen LogP contribution in [0.5, 0.6) is 0 Å². The smallest absolute Gasteiger partial charge is 0.261 e. The first-order valence-electron chi connectivity index (χ1n) is 6.45. The molecule has 0 atom stereocenters. The van der Waals surface area contributed by atoms with Crippen LogP contribution in [0.15, 0.2) is 58.3 Å². The van der Waals surface area contributed by atoms with E-state index in [0.717, 1.165) is 4.90 Å². The minimum atomic E-state index is -3.66. The van der Waals surface area contributed by atoms with Crippen molar-refractivity contribution in [2.45, 2.75) is 16.7 Å². The lowest BCUT2D eigenvalue weighted by Crippen LogP contribution is -2.13. The number of hydrogen-bond acceptors (Lipinski definition) is 4. The second kappa shape index (κ2) is 6.85. The molecule has 2 aromatic carbocycles. The van der Waals surface area contributed by atoms with Gasteiger partial charge in [-0.05, 0) is 48.7 Å². The summed E-state index contributed by atoms with van der Waals surface area (Å²) in [6.45, 7) is 1.39. The summed E-state index contributed by atoms with van der Waals surface area (Å²) in [6, 6.07) is 13.2. The lowest BCUT2D eigenvalue weighted by atomic mass is 10.3. The maximum Gasteiger partial charge on any atom is 0.261 e. The number of amides is 1. The Labute approximate surface area is 134 Å². The van der Waals surface area contributed by atoms with Crippen LogP contribution in [0, 0.1) is 0 Å². The lowest BCUT2D eigenvalue weighted by Gasteiger charge is -2.10. The molecule has 0 saturated heterocycles. The number of nitrogens with one attached hydrogen (secondary N) is 2. The van der Waals surface area contributed by atoms with Crippen molar-refractivity contribution >= 4 is 39.1 Å². The molecule has 116 valence electrons. The Kier molecular flexibility index (Phi) is 5.10. The summed E-state index contributed by atoms with van der Waals surface area (Å²) in [5.41, 5.74) is 0.922. The molecule has 0 spiro atoms. The van der Waals surface area contributed by atoms with Gasteiger partial charge >= 0.3 is 0 Å². The number of thioether (sulfide) groups is 1. The van der Waals surface area contributed by atoms with Crippen LogP contribution in [0.4, 0.5) is 11.4 Å². The van der Waals surface area contributed by atoms with Crippen LogP contribution in [0.1, 0.15) is 6.92 Å². The monoisotopic (exact) mass is 336 g/mol. The molecule has 0 saturated carbocycles. The quantitative estimate of drug-likeness (QED) is 0.823. The molecule has 0 aliphatic rings. The van der Waals surface area contributed by atoms with E-state index in [1.54, 1.807) is 60.3 Å². The summed E-state index contributed by atoms with van der Waals surface area (Å²) in [7, 11) is -3.66. The average molecular weight is 336 g/mol. The number of rotatable bonds is 5. The average Bonchev–Trinajstić information content (AvgIpc) is 2.46. The molecular formula is C15H16N2O3S2. The highest BCUT2D eigenvalue weighted by Gasteiger charge is 2.14. The highest BCUT2D eigenvalue weighted by molar-refractivity contribution is 7.98. The van der Waals surface area contributed by atoms with Crippen molar-refractivity contribution in [1.82, 2.24) is 0 Å². The highest BCUT2D eigenvalue weighted by Crippen LogP contribution is 2.21. The molecule has 2 rings (SSSR count). The minimum Gasteiger partial charge on any atom is -0.326 e. The third kappa shape index (κ3) is 4.25. The summed E-state index contributed by atoms with van der Waals surface area (Å²) in [5.74, 6) is -0.215. The topological polar surface area (TPSA) is 75.3 Å². The molecule has 0 fully saturated rings. The van der Waals surface area contributed by atoms with Crippen molar-refractivity contribution in [2.75, 3.05) is 16.3 Å². The zero-order valence-electron chi connectivity index (χ0n) is 12.2. The van der Waals surface area contributed by atoms with Crippen molar-refractivity contribution in [3.05, 3.63) is 48.5 Å². The van der Waals surface area contributed by atoms with Gasteiger partial charge in [-0.25, -0.2) is 8.42 Å². The van der Waals surface area contributed by atoms with Gasteiger partial charge in [-0.1, -0.05) is 6.07 Å². The van der Waals surface area contributed by atoms with Gasteiger partial charge in [0.1, 0.15) is 0 Å². The fraction of sp³-hybridized carbons (Fsp3) is 0.133. The number of hydrogen-bond donors (Lipinski definition) is 2. The van der Waals surface area contributed by atoms with Gasteiger partial charge in [0.2, 0.25) is 5.91 Å². The van der Waals surface area contributed by atoms with E-state index >= 15 is 0 Å². The largest absolute Gasteiger partial charge is 0.326 e. The maximum atomic E-state index is 12.3. The standard InChI is InChI=1S/C15H16N2O3S2/c1-11(18)16-12-4-3-5-13(10-12)17-22(19,20)15-8-6-14(21-2)7-9-15/h3-10,17H,1-2H3,(H,16,18). The van der Waals surface area contributed by atoms with Gasteiger partial charge in [0.25, 0.3) is 10.0 Å². The Hall–Kier alpha value is -1.99. The first-order chi connectivity index (χ1) is 10.4. The molecule has 0 heterocycles. The molecule has 0 aliphatic carbocycles. The summed E-state index contributed by atoms with van der Waals surface area (Å²) >= 11 is 1.54. The van der Waals surface area contributed by atoms with Gasteiger partial charge in [-0.3, -0.25) is 9.52 Å². The summed E-state index contributed by atoms with van der Waals surface area (Å²) < 4.78 is 27.2. The SMILES string of the molecule is CSc1ccc(S(=O)(=O)Nc2cccc(NC(C)=O)c2)cc1. The first-order valence-corrected chi connectivity index (χ1v) is 9.16. The van der Waals surface area contributed by atoms with Gasteiger partial charge in [-0.15, -0.1) is 11.8 Å². The third-order valence-electron chi connectivity index (χ3n) is 2.80. The fourth-order valence-electron chi connectivity index (χ4n) is 1.83. The molecule has 2 N–H and O–H groups in total. The van der Waals surface area contributed by atoms with Gasteiger partial charge in [-0.2, -0.15) is 0 Å². The Morgan fingerprint density at radius 3 is 2.27 bits per heavy atom. The van der Waals surface area contributed by atoms with Gasteiger partial charge in [0.05, 0.1) is 10.6 Å². The Balaban J connectivity index is 2.22. The molecule has 1 amide bonds. The first kappa shape index (κ1) is 16.4. The Morgan fingerprint density at radius 1 is 1.05 bits per heavy atom. The molecule has 22 heavy (non-hydrogen) atoms. The number of carbonyl (C=O) groups is 1. The second-order valence-electron chi connectivity index (χ2n) is 4.54. The molecule has 0 aliphatic heterocycles. The van der Waals surface area contributed by atoms with Crippen LogP contribution >= 0.6 is 11.8 Å². The van der Waals surface area contributed by atoms with Crippen LogP contribution in [0.3, 0.4) is 0 Å². The van der Waals surface area contributed by atoms with Gasteiger partial charge in [0.15, 0.2) is 0 Å². The summed E-state index contributed by atoms with van der Waals surface area (Å²) in [6.07, 6.45) is 1.93. The van der Waals surface area contributed by atoms with Crippen LogP contribution in [0.2, 0.25) is 0 Å². The molecule has 7 heteroatoms. The van der Waals surface area contributed by atoms with Crippen molar-refractivity contribution < 1.29 is 13.2 Å². The van der Waals surface area contributed by atoms with Crippen molar-refractivity contribution in [1.29, 1.82) is 0 Å². The predicted molar refractivity (Wildman–Crippen MR) is 89.8 cm³/mol. The molecule has 0 radical (unpaired) electrons. The zero-order chi connectivity index (χ0) is 16.2. The number of benzene rings is 2. The van der Waals surface area contributed by atoms with Crippen LogP contribution in [-0.4, -0.2) is 20.6 Å². The van der Waals surface area contributed by atoms with Crippen molar-refractivity contribution in [3.8, 4) is 0 Å². The van der Waals surface area contributed by atoms with Crippen LogP contribution in [-0.2, 0) is 14.8 Å². The Morgan fingerprint density at radius 2 is 1.68 bits per heavy atom. The van der Waals surface area contributed by atoms with Crippen LogP contribution < -0.4 is 10.0 Å². The highest BCUT2D eigenvalue weighted by atomic mass is 32.2. The molecular weight excluding hydrogens is 320 g/mol. The van der Waals surface area contributed by atoms with E-state index < -0.39 is 10.0 Å².